The van der Waals surface area contributed by atoms with Crippen molar-refractivity contribution in [2.75, 3.05) is 17.9 Å². The molecule has 0 aliphatic heterocycles. The number of methoxy groups -OCH3 is 1. The van der Waals surface area contributed by atoms with Crippen LogP contribution in [0.2, 0.25) is 0 Å². The highest BCUT2D eigenvalue weighted by atomic mass is 16.5. The number of nitrogens with zero attached hydrogens (tertiary/aromatic N) is 2. The van der Waals surface area contributed by atoms with Crippen molar-refractivity contribution >= 4 is 11.6 Å². The van der Waals surface area contributed by atoms with Crippen molar-refractivity contribution in [2.45, 2.75) is 38.3 Å². The Kier molecular flexibility index (Phi) is 3.75. The highest BCUT2D eigenvalue weighted by molar-refractivity contribution is 5.57. The number of ether oxygens (including phenoxy) is 1. The van der Waals surface area contributed by atoms with E-state index in [0.717, 1.165) is 30.6 Å². The number of nitrogens with two attached hydrogens (primary N) is 1. The lowest BCUT2D eigenvalue weighted by atomic mass is 9.89. The SMILES string of the molecule is CCc1c(NN)ncnc1NC1CC(OC)C1. The molecule has 0 unspecified atom stereocenters. The van der Waals surface area contributed by atoms with Gasteiger partial charge in [-0.15, -0.1) is 0 Å². The van der Waals surface area contributed by atoms with E-state index in [-0.39, 0.29) is 0 Å². The van der Waals surface area contributed by atoms with Crippen molar-refractivity contribution in [1.82, 2.24) is 9.97 Å². The first-order valence-corrected chi connectivity index (χ1v) is 5.88. The van der Waals surface area contributed by atoms with Crippen molar-refractivity contribution in [1.29, 1.82) is 0 Å². The van der Waals surface area contributed by atoms with Crippen LogP contribution in [0.25, 0.3) is 0 Å². The first-order chi connectivity index (χ1) is 8.28. The number of anilines is 2. The van der Waals surface area contributed by atoms with Crippen molar-refractivity contribution in [3.8, 4) is 0 Å². The van der Waals surface area contributed by atoms with Gasteiger partial charge >= 0.3 is 0 Å². The van der Waals surface area contributed by atoms with Gasteiger partial charge in [0.1, 0.15) is 18.0 Å². The molecule has 1 fully saturated rings. The molecular formula is C11H19N5O. The average molecular weight is 237 g/mol. The molecule has 1 heterocycles. The molecule has 1 aliphatic carbocycles. The van der Waals surface area contributed by atoms with E-state index < -0.39 is 0 Å². The van der Waals surface area contributed by atoms with Crippen LogP contribution < -0.4 is 16.6 Å². The van der Waals surface area contributed by atoms with Gasteiger partial charge in [0.2, 0.25) is 0 Å². The number of rotatable bonds is 5. The van der Waals surface area contributed by atoms with Gasteiger partial charge in [-0.05, 0) is 19.3 Å². The summed E-state index contributed by atoms with van der Waals surface area (Å²) in [4.78, 5) is 8.37. The molecule has 0 atom stereocenters. The topological polar surface area (TPSA) is 85.1 Å². The first kappa shape index (κ1) is 12.1. The van der Waals surface area contributed by atoms with E-state index in [0.29, 0.717) is 18.0 Å². The summed E-state index contributed by atoms with van der Waals surface area (Å²) >= 11 is 0. The van der Waals surface area contributed by atoms with Gasteiger partial charge in [-0.2, -0.15) is 0 Å². The molecule has 17 heavy (non-hydrogen) atoms. The highest BCUT2D eigenvalue weighted by Gasteiger charge is 2.29. The second-order valence-corrected chi connectivity index (χ2v) is 4.22. The van der Waals surface area contributed by atoms with Crippen molar-refractivity contribution < 1.29 is 4.74 Å². The minimum atomic E-state index is 0.381. The molecule has 1 aromatic heterocycles. The summed E-state index contributed by atoms with van der Waals surface area (Å²) in [7, 11) is 1.75. The second kappa shape index (κ2) is 5.29. The monoisotopic (exact) mass is 237 g/mol. The standard InChI is InChI=1S/C11H19N5O/c1-3-9-10(13-6-14-11(9)16-12)15-7-4-8(5-7)17-2/h6-8H,3-5,12H2,1-2H3,(H2,13,14,15,16). The molecule has 0 aromatic carbocycles. The van der Waals surface area contributed by atoms with Crippen LogP contribution in [0, 0.1) is 0 Å². The van der Waals surface area contributed by atoms with Crippen LogP contribution in [0.4, 0.5) is 11.6 Å². The van der Waals surface area contributed by atoms with E-state index in [4.69, 9.17) is 10.6 Å². The third-order valence-electron chi connectivity index (χ3n) is 3.20. The maximum absolute atomic E-state index is 5.43. The molecule has 0 saturated heterocycles. The fraction of sp³-hybridized carbons (Fsp3) is 0.636. The molecule has 94 valence electrons. The largest absolute Gasteiger partial charge is 0.381 e. The molecule has 0 spiro atoms. The molecule has 1 aromatic rings. The van der Waals surface area contributed by atoms with Gasteiger partial charge in [0.05, 0.1) is 6.10 Å². The van der Waals surface area contributed by atoms with Crippen LogP contribution in [0.3, 0.4) is 0 Å². The Balaban J connectivity index is 2.05. The van der Waals surface area contributed by atoms with Gasteiger partial charge in [0, 0.05) is 18.7 Å². The Morgan fingerprint density at radius 2 is 2.12 bits per heavy atom. The number of nitrogen functional groups attached to an aromatic ring is 1. The first-order valence-electron chi connectivity index (χ1n) is 5.88. The van der Waals surface area contributed by atoms with E-state index in [1.165, 1.54) is 6.33 Å². The fourth-order valence-corrected chi connectivity index (χ4v) is 2.07. The minimum absolute atomic E-state index is 0.381. The number of hydrazine groups is 1. The summed E-state index contributed by atoms with van der Waals surface area (Å²) in [5.41, 5.74) is 3.62. The molecule has 1 saturated carbocycles. The predicted octanol–water partition coefficient (Wildman–Crippen LogP) is 0.914. The quantitative estimate of drug-likeness (QED) is 0.521. The predicted molar refractivity (Wildman–Crippen MR) is 66.7 cm³/mol. The number of nitrogens with one attached hydrogen (secondary N) is 2. The smallest absolute Gasteiger partial charge is 0.148 e. The maximum Gasteiger partial charge on any atom is 0.148 e. The van der Waals surface area contributed by atoms with Gasteiger partial charge < -0.3 is 15.5 Å². The lowest BCUT2D eigenvalue weighted by Crippen LogP contribution is -2.40. The Bertz CT molecular complexity index is 378. The van der Waals surface area contributed by atoms with Gasteiger partial charge in [0.25, 0.3) is 0 Å². The highest BCUT2D eigenvalue weighted by Crippen LogP contribution is 2.28. The van der Waals surface area contributed by atoms with E-state index in [1.54, 1.807) is 7.11 Å². The molecule has 6 heteroatoms. The Morgan fingerprint density at radius 3 is 2.71 bits per heavy atom. The van der Waals surface area contributed by atoms with Gasteiger partial charge in [-0.25, -0.2) is 15.8 Å². The minimum Gasteiger partial charge on any atom is -0.381 e. The Hall–Kier alpha value is -1.40. The van der Waals surface area contributed by atoms with Gasteiger partial charge in [-0.1, -0.05) is 6.92 Å². The zero-order valence-corrected chi connectivity index (χ0v) is 10.2. The zero-order chi connectivity index (χ0) is 12.3. The van der Waals surface area contributed by atoms with Crippen LogP contribution >= 0.6 is 0 Å². The molecule has 1 aliphatic rings. The summed E-state index contributed by atoms with van der Waals surface area (Å²) in [6, 6.07) is 0.436. The second-order valence-electron chi connectivity index (χ2n) is 4.22. The summed E-state index contributed by atoms with van der Waals surface area (Å²) < 4.78 is 5.25. The number of hydrogen-bond acceptors (Lipinski definition) is 6. The van der Waals surface area contributed by atoms with Crippen LogP contribution in [0.5, 0.6) is 0 Å². The molecule has 0 amide bonds. The molecule has 0 bridgehead atoms. The van der Waals surface area contributed by atoms with E-state index >= 15 is 0 Å². The Labute approximate surface area is 101 Å². The van der Waals surface area contributed by atoms with E-state index in [2.05, 4.69) is 27.6 Å². The molecule has 4 N–H and O–H groups in total. The van der Waals surface area contributed by atoms with E-state index in [9.17, 15) is 0 Å². The number of aromatic nitrogens is 2. The maximum atomic E-state index is 5.43. The summed E-state index contributed by atoms with van der Waals surface area (Å²) in [5.74, 6) is 6.99. The zero-order valence-electron chi connectivity index (χ0n) is 10.2. The van der Waals surface area contributed by atoms with Crippen LogP contribution in [0.15, 0.2) is 6.33 Å². The van der Waals surface area contributed by atoms with Crippen molar-refractivity contribution in [3.05, 3.63) is 11.9 Å². The normalized spacial score (nSPS) is 23.0. The lowest BCUT2D eigenvalue weighted by molar-refractivity contribution is 0.0327. The third-order valence-corrected chi connectivity index (χ3v) is 3.20. The third kappa shape index (κ3) is 2.48. The van der Waals surface area contributed by atoms with E-state index in [1.807, 2.05) is 0 Å². The lowest BCUT2D eigenvalue weighted by Gasteiger charge is -2.35. The van der Waals surface area contributed by atoms with Gasteiger partial charge in [0.15, 0.2) is 0 Å². The van der Waals surface area contributed by atoms with Crippen LogP contribution in [0.1, 0.15) is 25.3 Å². The van der Waals surface area contributed by atoms with Crippen LogP contribution in [-0.2, 0) is 11.2 Å². The fourth-order valence-electron chi connectivity index (χ4n) is 2.07. The molecular weight excluding hydrogens is 218 g/mol. The summed E-state index contributed by atoms with van der Waals surface area (Å²) in [6.07, 6.45) is 4.78. The molecule has 0 radical (unpaired) electrons. The molecule has 6 nitrogen and oxygen atoms in total. The Morgan fingerprint density at radius 1 is 1.41 bits per heavy atom. The van der Waals surface area contributed by atoms with Crippen LogP contribution in [-0.4, -0.2) is 29.2 Å². The molecule has 2 rings (SSSR count). The van der Waals surface area contributed by atoms with Gasteiger partial charge in [-0.3, -0.25) is 0 Å². The van der Waals surface area contributed by atoms with Crippen molar-refractivity contribution in [3.63, 3.8) is 0 Å². The number of hydrogen-bond donors (Lipinski definition) is 3. The van der Waals surface area contributed by atoms with Crippen molar-refractivity contribution in [2.24, 2.45) is 5.84 Å². The summed E-state index contributed by atoms with van der Waals surface area (Å²) in [6.45, 7) is 2.06. The average Bonchev–Trinajstić information content (AvgIpc) is 2.32. The summed E-state index contributed by atoms with van der Waals surface area (Å²) in [5, 5.41) is 3.41.